The van der Waals surface area contributed by atoms with E-state index in [9.17, 15) is 18.4 Å². The number of fused-ring (bicyclic) bond motifs is 2. The molecule has 0 aliphatic carbocycles. The zero-order valence-corrected chi connectivity index (χ0v) is 20.8. The van der Waals surface area contributed by atoms with Gasteiger partial charge in [0.25, 0.3) is 11.8 Å². The Bertz CT molecular complexity index is 1560. The van der Waals surface area contributed by atoms with E-state index in [0.717, 1.165) is 29.3 Å². The van der Waals surface area contributed by atoms with E-state index in [1.54, 1.807) is 28.9 Å². The van der Waals surface area contributed by atoms with Crippen molar-refractivity contribution in [2.24, 2.45) is 5.73 Å². The smallest absolute Gasteiger partial charge is 0.258 e. The fraction of sp³-hybridized carbons (Fsp3) is 0.179. The van der Waals surface area contributed by atoms with Gasteiger partial charge in [0, 0.05) is 24.3 Å². The molecule has 194 valence electrons. The number of methoxy groups -OCH3 is 1. The van der Waals surface area contributed by atoms with Crippen LogP contribution < -0.4 is 21.1 Å². The van der Waals surface area contributed by atoms with E-state index >= 15 is 0 Å². The van der Waals surface area contributed by atoms with Gasteiger partial charge in [-0.25, -0.2) is 13.5 Å². The van der Waals surface area contributed by atoms with Crippen molar-refractivity contribution >= 4 is 23.3 Å². The molecule has 5 rings (SSSR count). The number of rotatable bonds is 6. The molecule has 0 radical (unpaired) electrons. The van der Waals surface area contributed by atoms with E-state index in [1.165, 1.54) is 13.2 Å². The van der Waals surface area contributed by atoms with Gasteiger partial charge in [-0.1, -0.05) is 42.0 Å². The zero-order valence-electron chi connectivity index (χ0n) is 20.8. The van der Waals surface area contributed by atoms with Crippen LogP contribution in [-0.2, 0) is 19.5 Å². The predicted molar refractivity (Wildman–Crippen MR) is 138 cm³/mol. The minimum absolute atomic E-state index is 0.0539. The van der Waals surface area contributed by atoms with Gasteiger partial charge in [0.05, 0.1) is 7.11 Å². The average Bonchev–Trinajstić information content (AvgIpc) is 3.18. The molecule has 2 amide bonds. The van der Waals surface area contributed by atoms with Crippen molar-refractivity contribution in [3.8, 4) is 17.0 Å². The third-order valence-electron chi connectivity index (χ3n) is 6.49. The minimum Gasteiger partial charge on any atom is -0.496 e. The summed E-state index contributed by atoms with van der Waals surface area (Å²) < 4.78 is 34.6. The summed E-state index contributed by atoms with van der Waals surface area (Å²) in [6.07, 6.45) is 0.742. The summed E-state index contributed by atoms with van der Waals surface area (Å²) in [4.78, 5) is 25.1. The van der Waals surface area contributed by atoms with Gasteiger partial charge in [0.2, 0.25) is 0 Å². The average molecular weight is 518 g/mol. The van der Waals surface area contributed by atoms with Crippen LogP contribution in [0.1, 0.15) is 37.4 Å². The van der Waals surface area contributed by atoms with Crippen molar-refractivity contribution in [3.63, 3.8) is 0 Å². The highest BCUT2D eigenvalue weighted by Crippen LogP contribution is 2.34. The van der Waals surface area contributed by atoms with Gasteiger partial charge in [-0.2, -0.15) is 5.10 Å². The second-order valence-electron chi connectivity index (χ2n) is 9.01. The second kappa shape index (κ2) is 9.97. The molecule has 0 bridgehead atoms. The summed E-state index contributed by atoms with van der Waals surface area (Å²) in [6.45, 7) is 2.66. The number of carbonyl (C=O) groups is 2. The van der Waals surface area contributed by atoms with E-state index in [2.05, 4.69) is 21.8 Å². The number of nitrogens with zero attached hydrogens (tertiary/aromatic N) is 2. The third-order valence-corrected chi connectivity index (χ3v) is 6.49. The summed E-state index contributed by atoms with van der Waals surface area (Å²) in [5.74, 6) is -3.36. The summed E-state index contributed by atoms with van der Waals surface area (Å²) in [6, 6.07) is 15.2. The second-order valence-corrected chi connectivity index (χ2v) is 9.01. The first-order chi connectivity index (χ1) is 18.3. The van der Waals surface area contributed by atoms with Crippen LogP contribution in [0.25, 0.3) is 11.3 Å². The number of nitrogens with two attached hydrogens (primary N) is 1. The van der Waals surface area contributed by atoms with Gasteiger partial charge >= 0.3 is 0 Å². The van der Waals surface area contributed by atoms with Crippen LogP contribution in [-0.4, -0.2) is 28.7 Å². The Kier molecular flexibility index (Phi) is 6.54. The normalized spacial score (nSPS) is 12.1. The number of ether oxygens (including phenoxy) is 1. The first-order valence-corrected chi connectivity index (χ1v) is 11.9. The Morgan fingerprint density at radius 2 is 1.87 bits per heavy atom. The van der Waals surface area contributed by atoms with Gasteiger partial charge in [0.15, 0.2) is 11.6 Å². The van der Waals surface area contributed by atoms with E-state index in [0.29, 0.717) is 29.2 Å². The zero-order chi connectivity index (χ0) is 27.0. The lowest BCUT2D eigenvalue weighted by atomic mass is 10.0. The molecule has 0 saturated heterocycles. The number of amides is 2. The lowest BCUT2D eigenvalue weighted by molar-refractivity contribution is 0.0941. The highest BCUT2D eigenvalue weighted by Gasteiger charge is 2.26. The SMILES string of the molecule is COc1ccc(F)c(F)c1C(=O)NCc1ccc(-c2nn3c(c2C(N)=O)Nc2ccc(C)cc2CC3)cc1. The molecule has 0 spiro atoms. The van der Waals surface area contributed by atoms with Gasteiger partial charge in [-0.15, -0.1) is 0 Å². The molecule has 0 fully saturated rings. The Balaban J connectivity index is 1.38. The standard InChI is InChI=1S/C28H25F2N5O3/c1-15-3-9-20-18(13-15)11-12-35-27(33-20)23(26(31)36)25(34-35)17-6-4-16(5-7-17)14-32-28(37)22-21(38-2)10-8-19(29)24(22)30/h3-10,13,33H,11-12,14H2,1-2H3,(H2,31,36)(H,32,37). The van der Waals surface area contributed by atoms with Crippen LogP contribution in [0.4, 0.5) is 20.3 Å². The molecule has 1 aliphatic rings. The van der Waals surface area contributed by atoms with E-state index in [4.69, 9.17) is 10.5 Å². The lowest BCUT2D eigenvalue weighted by Crippen LogP contribution is -2.25. The molecule has 10 heteroatoms. The van der Waals surface area contributed by atoms with Crippen LogP contribution in [0.3, 0.4) is 0 Å². The van der Waals surface area contributed by atoms with Crippen molar-refractivity contribution in [2.45, 2.75) is 26.4 Å². The molecule has 4 aromatic rings. The molecule has 8 nitrogen and oxygen atoms in total. The summed E-state index contributed by atoms with van der Waals surface area (Å²) in [5, 5.41) is 10.6. The Labute approximate surface area is 217 Å². The number of benzene rings is 3. The molecule has 0 unspecified atom stereocenters. The number of anilines is 2. The molecule has 4 N–H and O–H groups in total. The predicted octanol–water partition coefficient (Wildman–Crippen LogP) is 4.47. The maximum atomic E-state index is 14.2. The summed E-state index contributed by atoms with van der Waals surface area (Å²) >= 11 is 0. The first-order valence-electron chi connectivity index (χ1n) is 11.9. The van der Waals surface area contributed by atoms with Crippen molar-refractivity contribution in [2.75, 3.05) is 12.4 Å². The van der Waals surface area contributed by atoms with Crippen LogP contribution in [0.5, 0.6) is 5.75 Å². The topological polar surface area (TPSA) is 111 Å². The maximum Gasteiger partial charge on any atom is 0.258 e. The molecular weight excluding hydrogens is 492 g/mol. The largest absolute Gasteiger partial charge is 0.496 e. The molecule has 1 aromatic heterocycles. The molecular formula is C28H25F2N5O3. The molecule has 3 aromatic carbocycles. The van der Waals surface area contributed by atoms with Crippen LogP contribution >= 0.6 is 0 Å². The highest BCUT2D eigenvalue weighted by molar-refractivity contribution is 6.04. The van der Waals surface area contributed by atoms with Crippen molar-refractivity contribution in [1.29, 1.82) is 0 Å². The monoisotopic (exact) mass is 517 g/mol. The van der Waals surface area contributed by atoms with Gasteiger partial charge in [-0.05, 0) is 42.7 Å². The molecule has 2 heterocycles. The number of nitrogens with one attached hydrogen (secondary N) is 2. The minimum atomic E-state index is -1.28. The Hall–Kier alpha value is -4.73. The Morgan fingerprint density at radius 1 is 1.11 bits per heavy atom. The van der Waals surface area contributed by atoms with Crippen molar-refractivity contribution in [3.05, 3.63) is 94.0 Å². The van der Waals surface area contributed by atoms with Gasteiger partial charge in [0.1, 0.15) is 28.4 Å². The van der Waals surface area contributed by atoms with Crippen LogP contribution in [0.15, 0.2) is 54.6 Å². The number of primary amides is 1. The van der Waals surface area contributed by atoms with Crippen molar-refractivity contribution < 1.29 is 23.1 Å². The van der Waals surface area contributed by atoms with Gasteiger partial charge in [-0.3, -0.25) is 9.59 Å². The third kappa shape index (κ3) is 4.56. The lowest BCUT2D eigenvalue weighted by Gasteiger charge is -2.11. The number of aryl methyl sites for hydroxylation is 3. The van der Waals surface area contributed by atoms with E-state index in [-0.39, 0.29) is 17.9 Å². The van der Waals surface area contributed by atoms with Gasteiger partial charge < -0.3 is 21.1 Å². The quantitative estimate of drug-likeness (QED) is 0.349. The Morgan fingerprint density at radius 3 is 2.58 bits per heavy atom. The number of hydrogen-bond acceptors (Lipinski definition) is 5. The molecule has 0 saturated carbocycles. The fourth-order valence-corrected chi connectivity index (χ4v) is 4.56. The first kappa shape index (κ1) is 24.9. The molecule has 38 heavy (non-hydrogen) atoms. The number of halogens is 2. The highest BCUT2D eigenvalue weighted by atomic mass is 19.2. The van der Waals surface area contributed by atoms with Crippen molar-refractivity contribution in [1.82, 2.24) is 15.1 Å². The fourth-order valence-electron chi connectivity index (χ4n) is 4.56. The van der Waals surface area contributed by atoms with Crippen LogP contribution in [0.2, 0.25) is 0 Å². The number of aromatic nitrogens is 2. The van der Waals surface area contributed by atoms with E-state index in [1.807, 2.05) is 19.1 Å². The van der Waals surface area contributed by atoms with Crippen LogP contribution in [0, 0.1) is 18.6 Å². The van der Waals surface area contributed by atoms with E-state index < -0.39 is 29.0 Å². The maximum absolute atomic E-state index is 14.2. The molecule has 0 atom stereocenters. The summed E-state index contributed by atoms with van der Waals surface area (Å²) in [5.41, 5.74) is 10.6. The number of carbonyl (C=O) groups excluding carboxylic acids is 2. The number of hydrogen-bond donors (Lipinski definition) is 3. The molecule has 1 aliphatic heterocycles. The summed E-state index contributed by atoms with van der Waals surface area (Å²) in [7, 11) is 1.27.